The molecule has 0 bridgehead atoms. The number of thiazole rings is 1. The number of fused-ring (bicyclic) bond motifs is 1. The van der Waals surface area contributed by atoms with E-state index in [0.717, 1.165) is 0 Å². The number of esters is 1. The number of nitro groups is 1. The molecule has 0 amide bonds. The number of ether oxygens (including phenoxy) is 2. The molecule has 35 heavy (non-hydrogen) atoms. The van der Waals surface area contributed by atoms with Crippen molar-refractivity contribution >= 4 is 29.1 Å². The Bertz CT molecular complexity index is 1500. The zero-order valence-electron chi connectivity index (χ0n) is 19.6. The summed E-state index contributed by atoms with van der Waals surface area (Å²) in [6.45, 7) is 5.24. The Morgan fingerprint density at radius 1 is 1.17 bits per heavy atom. The van der Waals surface area contributed by atoms with Crippen LogP contribution in [0.25, 0.3) is 6.08 Å². The van der Waals surface area contributed by atoms with E-state index in [1.54, 1.807) is 70.4 Å². The van der Waals surface area contributed by atoms with Crippen LogP contribution in [0.15, 0.2) is 69.6 Å². The molecular formula is C25H23N3O6S. The molecule has 0 spiro atoms. The first-order chi connectivity index (χ1) is 16.7. The molecule has 2 aromatic carbocycles. The molecule has 10 heteroatoms. The predicted molar refractivity (Wildman–Crippen MR) is 131 cm³/mol. The molecule has 2 heterocycles. The van der Waals surface area contributed by atoms with Gasteiger partial charge in [-0.1, -0.05) is 23.5 Å². The molecule has 0 aliphatic carbocycles. The first-order valence-electron chi connectivity index (χ1n) is 10.8. The van der Waals surface area contributed by atoms with Gasteiger partial charge in [0.05, 0.1) is 40.0 Å². The van der Waals surface area contributed by atoms with E-state index < -0.39 is 16.9 Å². The minimum atomic E-state index is -0.734. The number of carbonyl (C=O) groups is 1. The van der Waals surface area contributed by atoms with Crippen LogP contribution in [0.2, 0.25) is 0 Å². The number of nitro benzene ring substituents is 1. The molecule has 9 nitrogen and oxygen atoms in total. The number of hydrogen-bond donors (Lipinski definition) is 0. The van der Waals surface area contributed by atoms with Crippen LogP contribution in [-0.4, -0.2) is 28.7 Å². The summed E-state index contributed by atoms with van der Waals surface area (Å²) in [7, 11) is 1.56. The summed E-state index contributed by atoms with van der Waals surface area (Å²) in [6.07, 6.45) is 1.32. The molecule has 0 N–H and O–H groups in total. The Balaban J connectivity index is 1.89. The Labute approximate surface area is 204 Å². The normalized spacial score (nSPS) is 15.6. The SMILES string of the molecule is COc1ccc(C2C(C(=O)OC(C)C)=C(C)N=c3sc(=Cc4ccc([N+](=O)[O-])cc4)c(=O)n32)cc1. The third-order valence-electron chi connectivity index (χ3n) is 5.42. The van der Waals surface area contributed by atoms with E-state index in [2.05, 4.69) is 4.99 Å². The van der Waals surface area contributed by atoms with Crippen molar-refractivity contribution in [3.05, 3.63) is 101 Å². The second kappa shape index (κ2) is 9.67. The summed E-state index contributed by atoms with van der Waals surface area (Å²) in [6, 6.07) is 12.3. The maximum atomic E-state index is 13.6. The maximum Gasteiger partial charge on any atom is 0.338 e. The van der Waals surface area contributed by atoms with Gasteiger partial charge in [-0.2, -0.15) is 0 Å². The van der Waals surface area contributed by atoms with Gasteiger partial charge < -0.3 is 9.47 Å². The van der Waals surface area contributed by atoms with E-state index in [-0.39, 0.29) is 22.9 Å². The largest absolute Gasteiger partial charge is 0.497 e. The second-order valence-corrected chi connectivity index (χ2v) is 9.17. The summed E-state index contributed by atoms with van der Waals surface area (Å²) in [5.74, 6) is 0.109. The fraction of sp³-hybridized carbons (Fsp3) is 0.240. The Kier molecular flexibility index (Phi) is 6.65. The van der Waals surface area contributed by atoms with Crippen molar-refractivity contribution in [1.82, 2.24) is 4.57 Å². The quantitative estimate of drug-likeness (QED) is 0.296. The van der Waals surface area contributed by atoms with Crippen molar-refractivity contribution < 1.29 is 19.2 Å². The molecule has 3 aromatic rings. The van der Waals surface area contributed by atoms with Gasteiger partial charge in [0.25, 0.3) is 11.2 Å². The highest BCUT2D eigenvalue weighted by atomic mass is 32.1. The fourth-order valence-corrected chi connectivity index (χ4v) is 4.85. The Hall–Kier alpha value is -4.05. The van der Waals surface area contributed by atoms with E-state index in [1.807, 2.05) is 0 Å². The molecule has 1 unspecified atom stereocenters. The van der Waals surface area contributed by atoms with Crippen molar-refractivity contribution in [1.29, 1.82) is 0 Å². The van der Waals surface area contributed by atoms with Gasteiger partial charge in [0.1, 0.15) is 5.75 Å². The minimum Gasteiger partial charge on any atom is -0.497 e. The molecular weight excluding hydrogens is 470 g/mol. The van der Waals surface area contributed by atoms with Gasteiger partial charge in [-0.15, -0.1) is 0 Å². The average molecular weight is 494 g/mol. The summed E-state index contributed by atoms with van der Waals surface area (Å²) < 4.78 is 12.6. The number of allylic oxidation sites excluding steroid dienone is 1. The van der Waals surface area contributed by atoms with Gasteiger partial charge in [0.15, 0.2) is 4.80 Å². The lowest BCUT2D eigenvalue weighted by Gasteiger charge is -2.25. The average Bonchev–Trinajstić information content (AvgIpc) is 3.12. The Morgan fingerprint density at radius 3 is 2.40 bits per heavy atom. The zero-order chi connectivity index (χ0) is 25.3. The topological polar surface area (TPSA) is 113 Å². The van der Waals surface area contributed by atoms with Crippen LogP contribution in [0, 0.1) is 10.1 Å². The van der Waals surface area contributed by atoms with Crippen molar-refractivity contribution in [3.8, 4) is 5.75 Å². The summed E-state index contributed by atoms with van der Waals surface area (Å²) in [5.41, 5.74) is 1.75. The number of nitrogens with zero attached hydrogens (tertiary/aromatic N) is 3. The third kappa shape index (κ3) is 4.78. The lowest BCUT2D eigenvalue weighted by Crippen LogP contribution is -2.40. The van der Waals surface area contributed by atoms with Crippen LogP contribution >= 0.6 is 11.3 Å². The maximum absolute atomic E-state index is 13.6. The van der Waals surface area contributed by atoms with Gasteiger partial charge in [-0.25, -0.2) is 9.79 Å². The summed E-state index contributed by atoms with van der Waals surface area (Å²) >= 11 is 1.19. The summed E-state index contributed by atoms with van der Waals surface area (Å²) in [5, 5.41) is 10.9. The van der Waals surface area contributed by atoms with Crippen LogP contribution in [0.1, 0.15) is 37.9 Å². The molecule has 0 fully saturated rings. The molecule has 1 aliphatic rings. The van der Waals surface area contributed by atoms with E-state index in [1.165, 1.54) is 28.0 Å². The summed E-state index contributed by atoms with van der Waals surface area (Å²) in [4.78, 5) is 42.1. The third-order valence-corrected chi connectivity index (χ3v) is 6.40. The number of carbonyl (C=O) groups excluding carboxylic acids is 1. The Morgan fingerprint density at radius 2 is 1.83 bits per heavy atom. The molecule has 1 atom stereocenters. The zero-order valence-corrected chi connectivity index (χ0v) is 20.4. The van der Waals surface area contributed by atoms with Crippen LogP contribution < -0.4 is 19.6 Å². The van der Waals surface area contributed by atoms with E-state index in [0.29, 0.717) is 31.9 Å². The molecule has 1 aromatic heterocycles. The van der Waals surface area contributed by atoms with Crippen molar-refractivity contribution in [3.63, 3.8) is 0 Å². The number of methoxy groups -OCH3 is 1. The smallest absolute Gasteiger partial charge is 0.338 e. The highest BCUT2D eigenvalue weighted by Gasteiger charge is 2.33. The fourth-order valence-electron chi connectivity index (χ4n) is 3.81. The molecule has 180 valence electrons. The monoisotopic (exact) mass is 493 g/mol. The van der Waals surface area contributed by atoms with Gasteiger partial charge in [0, 0.05) is 12.1 Å². The van der Waals surface area contributed by atoms with Crippen LogP contribution in [-0.2, 0) is 9.53 Å². The molecule has 0 saturated carbocycles. The number of aromatic nitrogens is 1. The predicted octanol–water partition coefficient (Wildman–Crippen LogP) is 3.10. The molecule has 4 rings (SSSR count). The van der Waals surface area contributed by atoms with Gasteiger partial charge in [-0.05, 0) is 62.2 Å². The van der Waals surface area contributed by atoms with Crippen LogP contribution in [0.4, 0.5) is 5.69 Å². The number of rotatable bonds is 6. The highest BCUT2D eigenvalue weighted by molar-refractivity contribution is 7.07. The van der Waals surface area contributed by atoms with Crippen molar-refractivity contribution in [2.75, 3.05) is 7.11 Å². The molecule has 0 radical (unpaired) electrons. The van der Waals surface area contributed by atoms with Crippen LogP contribution in [0.3, 0.4) is 0 Å². The van der Waals surface area contributed by atoms with Crippen LogP contribution in [0.5, 0.6) is 5.75 Å². The van der Waals surface area contributed by atoms with Crippen molar-refractivity contribution in [2.45, 2.75) is 32.9 Å². The van der Waals surface area contributed by atoms with E-state index >= 15 is 0 Å². The van der Waals surface area contributed by atoms with E-state index in [9.17, 15) is 19.7 Å². The molecule has 0 saturated heterocycles. The van der Waals surface area contributed by atoms with Gasteiger partial charge >= 0.3 is 5.97 Å². The lowest BCUT2D eigenvalue weighted by atomic mass is 9.96. The minimum absolute atomic E-state index is 0.0351. The highest BCUT2D eigenvalue weighted by Crippen LogP contribution is 2.31. The first-order valence-corrected chi connectivity index (χ1v) is 11.6. The number of non-ortho nitro benzene ring substituents is 1. The van der Waals surface area contributed by atoms with Crippen molar-refractivity contribution in [2.24, 2.45) is 4.99 Å². The number of hydrogen-bond acceptors (Lipinski definition) is 8. The standard InChI is InChI=1S/C25H23N3O6S/c1-14(2)34-24(30)21-15(3)26-25-27(22(21)17-7-11-19(33-4)12-8-17)23(29)20(35-25)13-16-5-9-18(10-6-16)28(31)32/h5-14,22H,1-4H3. The first kappa shape index (κ1) is 24.1. The van der Waals surface area contributed by atoms with E-state index in [4.69, 9.17) is 9.47 Å². The van der Waals surface area contributed by atoms with Gasteiger partial charge in [-0.3, -0.25) is 19.5 Å². The van der Waals surface area contributed by atoms with Gasteiger partial charge in [0.2, 0.25) is 0 Å². The number of benzene rings is 2. The second-order valence-electron chi connectivity index (χ2n) is 8.16. The molecule has 1 aliphatic heterocycles. The lowest BCUT2D eigenvalue weighted by molar-refractivity contribution is -0.384.